The molecule has 0 aliphatic rings. The molecule has 0 bridgehead atoms. The van der Waals surface area contributed by atoms with Crippen molar-refractivity contribution in [1.82, 2.24) is 0 Å². The minimum Gasteiger partial charge on any atom is -0.495 e. The number of carbonyl (C=O) groups is 1. The summed E-state index contributed by atoms with van der Waals surface area (Å²) in [6.07, 6.45) is 1.59. The van der Waals surface area contributed by atoms with Crippen LogP contribution in [0.2, 0.25) is 0 Å². The molecule has 3 aromatic rings. The minimum atomic E-state index is -0.397. The van der Waals surface area contributed by atoms with E-state index >= 15 is 0 Å². The van der Waals surface area contributed by atoms with E-state index in [1.165, 1.54) is 7.11 Å². The van der Waals surface area contributed by atoms with Gasteiger partial charge in [0.2, 0.25) is 0 Å². The Bertz CT molecular complexity index is 840. The summed E-state index contributed by atoms with van der Waals surface area (Å²) >= 11 is 0. The molecule has 0 saturated carbocycles. The first-order valence-electron chi connectivity index (χ1n) is 7.39. The van der Waals surface area contributed by atoms with Crippen LogP contribution in [-0.4, -0.2) is 20.2 Å². The van der Waals surface area contributed by atoms with Crippen molar-refractivity contribution in [1.29, 1.82) is 0 Å². The van der Waals surface area contributed by atoms with Crippen molar-refractivity contribution in [3.63, 3.8) is 0 Å². The van der Waals surface area contributed by atoms with Crippen LogP contribution in [0.25, 0.3) is 11.3 Å². The number of esters is 1. The zero-order chi connectivity index (χ0) is 16.9. The molecule has 3 rings (SSSR count). The Morgan fingerprint density at radius 3 is 2.54 bits per heavy atom. The highest BCUT2D eigenvalue weighted by atomic mass is 16.5. The van der Waals surface area contributed by atoms with E-state index in [1.807, 2.05) is 36.4 Å². The van der Waals surface area contributed by atoms with E-state index in [1.54, 1.807) is 31.6 Å². The van der Waals surface area contributed by atoms with Gasteiger partial charge in [-0.2, -0.15) is 0 Å². The first-order chi connectivity index (χ1) is 11.7. The van der Waals surface area contributed by atoms with Crippen LogP contribution in [0, 0.1) is 0 Å². The van der Waals surface area contributed by atoms with Crippen LogP contribution in [0.4, 0.5) is 11.4 Å². The summed E-state index contributed by atoms with van der Waals surface area (Å²) in [5.74, 6) is 0.977. The van der Waals surface area contributed by atoms with E-state index < -0.39 is 5.97 Å². The fourth-order valence-corrected chi connectivity index (χ4v) is 2.43. The molecule has 0 radical (unpaired) electrons. The third-order valence-electron chi connectivity index (χ3n) is 3.60. The van der Waals surface area contributed by atoms with Crippen molar-refractivity contribution >= 4 is 17.3 Å². The highest BCUT2D eigenvalue weighted by Gasteiger charge is 2.14. The van der Waals surface area contributed by atoms with E-state index in [0.717, 1.165) is 22.7 Å². The summed E-state index contributed by atoms with van der Waals surface area (Å²) in [4.78, 5) is 11.8. The fourth-order valence-electron chi connectivity index (χ4n) is 2.43. The van der Waals surface area contributed by atoms with Gasteiger partial charge < -0.3 is 19.2 Å². The van der Waals surface area contributed by atoms with Crippen molar-refractivity contribution < 1.29 is 18.7 Å². The number of hydrogen-bond acceptors (Lipinski definition) is 5. The Labute approximate surface area is 139 Å². The van der Waals surface area contributed by atoms with E-state index in [-0.39, 0.29) is 0 Å². The molecule has 0 unspecified atom stereocenters. The molecule has 122 valence electrons. The van der Waals surface area contributed by atoms with Gasteiger partial charge in [0.25, 0.3) is 0 Å². The highest BCUT2D eigenvalue weighted by molar-refractivity contribution is 5.93. The van der Waals surface area contributed by atoms with Crippen LogP contribution in [-0.2, 0) is 4.74 Å². The third-order valence-corrected chi connectivity index (χ3v) is 3.60. The lowest BCUT2D eigenvalue weighted by Crippen LogP contribution is -2.03. The molecule has 0 saturated heterocycles. The molecular formula is C19H17NO4. The lowest BCUT2D eigenvalue weighted by atomic mass is 10.1. The number of nitrogens with one attached hydrogen (secondary N) is 1. The maximum atomic E-state index is 11.8. The molecular weight excluding hydrogens is 306 g/mol. The van der Waals surface area contributed by atoms with Crippen molar-refractivity contribution in [3.05, 3.63) is 66.4 Å². The number of hydrogen-bond donors (Lipinski definition) is 1. The van der Waals surface area contributed by atoms with Gasteiger partial charge in [-0.25, -0.2) is 4.79 Å². The van der Waals surface area contributed by atoms with Crippen molar-refractivity contribution in [2.75, 3.05) is 19.5 Å². The molecule has 0 aliphatic heterocycles. The van der Waals surface area contributed by atoms with Gasteiger partial charge in [-0.3, -0.25) is 0 Å². The zero-order valence-electron chi connectivity index (χ0n) is 13.4. The summed E-state index contributed by atoms with van der Waals surface area (Å²) < 4.78 is 15.7. The van der Waals surface area contributed by atoms with Crippen LogP contribution in [0.15, 0.2) is 65.3 Å². The first kappa shape index (κ1) is 15.7. The topological polar surface area (TPSA) is 60.7 Å². The lowest BCUT2D eigenvalue weighted by molar-refractivity contribution is 0.0601. The summed E-state index contributed by atoms with van der Waals surface area (Å²) in [7, 11) is 2.98. The quantitative estimate of drug-likeness (QED) is 0.701. The monoisotopic (exact) mass is 323 g/mol. The predicted molar refractivity (Wildman–Crippen MR) is 91.8 cm³/mol. The second kappa shape index (κ2) is 6.91. The van der Waals surface area contributed by atoms with Gasteiger partial charge in [-0.05, 0) is 42.5 Å². The maximum absolute atomic E-state index is 11.8. The summed E-state index contributed by atoms with van der Waals surface area (Å²) in [6.45, 7) is 0. The maximum Gasteiger partial charge on any atom is 0.337 e. The number of ether oxygens (including phenoxy) is 2. The number of furan rings is 1. The molecule has 2 aromatic carbocycles. The van der Waals surface area contributed by atoms with Crippen LogP contribution in [0.5, 0.6) is 5.75 Å². The number of para-hydroxylation sites is 2. The summed E-state index contributed by atoms with van der Waals surface area (Å²) in [5, 5.41) is 3.33. The number of methoxy groups -OCH3 is 2. The summed E-state index contributed by atoms with van der Waals surface area (Å²) in [5.41, 5.74) is 2.82. The van der Waals surface area contributed by atoms with Crippen molar-refractivity contribution in [2.45, 2.75) is 0 Å². The molecule has 0 atom stereocenters. The number of rotatable bonds is 5. The van der Waals surface area contributed by atoms with Crippen molar-refractivity contribution in [2.24, 2.45) is 0 Å². The molecule has 5 heteroatoms. The fraction of sp³-hybridized carbons (Fsp3) is 0.105. The summed E-state index contributed by atoms with van der Waals surface area (Å²) in [6, 6.07) is 16.5. The molecule has 0 spiro atoms. The zero-order valence-corrected chi connectivity index (χ0v) is 13.4. The largest absolute Gasteiger partial charge is 0.495 e. The van der Waals surface area contributed by atoms with Gasteiger partial charge in [0.15, 0.2) is 0 Å². The van der Waals surface area contributed by atoms with Crippen LogP contribution >= 0.6 is 0 Å². The van der Waals surface area contributed by atoms with E-state index in [9.17, 15) is 4.79 Å². The average molecular weight is 323 g/mol. The van der Waals surface area contributed by atoms with Crippen LogP contribution < -0.4 is 10.1 Å². The van der Waals surface area contributed by atoms with Gasteiger partial charge in [0.05, 0.1) is 31.7 Å². The Morgan fingerprint density at radius 1 is 1.00 bits per heavy atom. The lowest BCUT2D eigenvalue weighted by Gasteiger charge is -2.14. The average Bonchev–Trinajstić information content (AvgIpc) is 3.16. The van der Waals surface area contributed by atoms with Gasteiger partial charge in [0.1, 0.15) is 11.5 Å². The second-order valence-electron chi connectivity index (χ2n) is 5.05. The molecule has 0 amide bonds. The third kappa shape index (κ3) is 3.10. The van der Waals surface area contributed by atoms with Crippen molar-refractivity contribution in [3.8, 4) is 17.1 Å². The highest BCUT2D eigenvalue weighted by Crippen LogP contribution is 2.34. The number of carbonyl (C=O) groups excluding carboxylic acids is 1. The predicted octanol–water partition coefficient (Wildman–Crippen LogP) is 4.49. The molecule has 1 N–H and O–H groups in total. The van der Waals surface area contributed by atoms with Gasteiger partial charge in [0, 0.05) is 11.3 Å². The SMILES string of the molecule is COC(=O)c1ccc(Nc2ccccc2OC)c(-c2ccco2)c1. The Morgan fingerprint density at radius 2 is 1.83 bits per heavy atom. The molecule has 5 nitrogen and oxygen atoms in total. The first-order valence-corrected chi connectivity index (χ1v) is 7.39. The Hall–Kier alpha value is -3.21. The molecule has 0 aliphatic carbocycles. The van der Waals surface area contributed by atoms with Crippen LogP contribution in [0.3, 0.4) is 0 Å². The molecule has 1 heterocycles. The standard InChI is InChI=1S/C19H17NO4/c1-22-18-7-4-3-6-16(18)20-15-10-9-13(19(21)23-2)12-14(15)17-8-5-11-24-17/h3-12,20H,1-2H3. The van der Waals surface area contributed by atoms with Gasteiger partial charge in [-0.15, -0.1) is 0 Å². The van der Waals surface area contributed by atoms with Crippen LogP contribution in [0.1, 0.15) is 10.4 Å². The second-order valence-corrected chi connectivity index (χ2v) is 5.05. The normalized spacial score (nSPS) is 10.2. The van der Waals surface area contributed by atoms with E-state index in [2.05, 4.69) is 5.32 Å². The van der Waals surface area contributed by atoms with Gasteiger partial charge in [-0.1, -0.05) is 12.1 Å². The van der Waals surface area contributed by atoms with E-state index in [4.69, 9.17) is 13.9 Å². The number of benzene rings is 2. The molecule has 0 fully saturated rings. The number of anilines is 2. The minimum absolute atomic E-state index is 0.397. The Balaban J connectivity index is 2.05. The van der Waals surface area contributed by atoms with E-state index in [0.29, 0.717) is 11.3 Å². The molecule has 1 aromatic heterocycles. The Kier molecular flexibility index (Phi) is 4.52. The smallest absolute Gasteiger partial charge is 0.337 e. The molecule has 24 heavy (non-hydrogen) atoms. The van der Waals surface area contributed by atoms with Gasteiger partial charge >= 0.3 is 5.97 Å².